The van der Waals surface area contributed by atoms with Crippen molar-refractivity contribution in [2.24, 2.45) is 0 Å². The van der Waals surface area contributed by atoms with Crippen molar-refractivity contribution in [3.63, 3.8) is 0 Å². The Morgan fingerprint density at radius 2 is 2.24 bits per heavy atom. The third-order valence-electron chi connectivity index (χ3n) is 2.13. The molecule has 0 aliphatic rings. The van der Waals surface area contributed by atoms with E-state index in [1.807, 2.05) is 0 Å². The summed E-state index contributed by atoms with van der Waals surface area (Å²) in [6.07, 6.45) is 1.56. The number of ether oxygens (including phenoxy) is 1. The van der Waals surface area contributed by atoms with E-state index < -0.39 is 5.97 Å². The molecule has 0 amide bonds. The normalized spacial score (nSPS) is 10.2. The smallest absolute Gasteiger partial charge is 0.335 e. The number of carboxylic acid groups (broad SMARTS) is 1. The van der Waals surface area contributed by atoms with Gasteiger partial charge in [0.05, 0.1) is 16.3 Å². The van der Waals surface area contributed by atoms with Crippen LogP contribution in [0.25, 0.3) is 0 Å². The van der Waals surface area contributed by atoms with Crippen molar-refractivity contribution in [3.05, 3.63) is 52.4 Å². The van der Waals surface area contributed by atoms with Gasteiger partial charge < -0.3 is 14.3 Å². The molecule has 0 unspecified atom stereocenters. The average Bonchev–Trinajstić information content (AvgIpc) is 2.80. The first-order valence-corrected chi connectivity index (χ1v) is 5.64. The van der Waals surface area contributed by atoms with Gasteiger partial charge in [-0.2, -0.15) is 0 Å². The maximum Gasteiger partial charge on any atom is 0.335 e. The topological polar surface area (TPSA) is 59.7 Å². The minimum atomic E-state index is -0.986. The lowest BCUT2D eigenvalue weighted by Gasteiger charge is -2.07. The highest BCUT2D eigenvalue weighted by Crippen LogP contribution is 2.27. The Morgan fingerprint density at radius 1 is 1.41 bits per heavy atom. The minimum Gasteiger partial charge on any atom is -0.484 e. The number of halogens is 1. The van der Waals surface area contributed by atoms with Crippen LogP contribution in [-0.4, -0.2) is 11.1 Å². The molecule has 0 saturated heterocycles. The maximum absolute atomic E-state index is 10.8. The van der Waals surface area contributed by atoms with E-state index in [2.05, 4.69) is 15.9 Å². The number of benzene rings is 1. The van der Waals surface area contributed by atoms with Gasteiger partial charge in [-0.05, 0) is 46.3 Å². The third-order valence-corrected chi connectivity index (χ3v) is 2.78. The fourth-order valence-corrected chi connectivity index (χ4v) is 1.65. The van der Waals surface area contributed by atoms with Crippen molar-refractivity contribution in [1.29, 1.82) is 0 Å². The Labute approximate surface area is 106 Å². The van der Waals surface area contributed by atoms with Crippen molar-refractivity contribution in [1.82, 2.24) is 0 Å². The summed E-state index contributed by atoms with van der Waals surface area (Å²) >= 11 is 3.30. The molecule has 1 aromatic carbocycles. The molecule has 0 atom stereocenters. The number of furan rings is 1. The summed E-state index contributed by atoms with van der Waals surface area (Å²) in [7, 11) is 0. The molecule has 1 aromatic heterocycles. The van der Waals surface area contributed by atoms with Crippen molar-refractivity contribution in [3.8, 4) is 5.75 Å². The summed E-state index contributed by atoms with van der Waals surface area (Å²) in [6, 6.07) is 8.17. The van der Waals surface area contributed by atoms with Crippen molar-refractivity contribution in [2.45, 2.75) is 6.61 Å². The van der Waals surface area contributed by atoms with Crippen molar-refractivity contribution in [2.75, 3.05) is 0 Å². The zero-order valence-electron chi connectivity index (χ0n) is 8.72. The van der Waals surface area contributed by atoms with E-state index >= 15 is 0 Å². The lowest BCUT2D eigenvalue weighted by atomic mass is 10.2. The Morgan fingerprint density at radius 3 is 2.88 bits per heavy atom. The standard InChI is InChI=1S/C12H9BrO4/c13-10-4-3-8(12(14)15)6-11(10)17-7-9-2-1-5-16-9/h1-6H,7H2,(H,14,15). The highest BCUT2D eigenvalue weighted by atomic mass is 79.9. The molecule has 2 aromatic rings. The van der Waals surface area contributed by atoms with Gasteiger partial charge in [0.25, 0.3) is 0 Å². The first-order chi connectivity index (χ1) is 8.16. The summed E-state index contributed by atoms with van der Waals surface area (Å²) in [4.78, 5) is 10.8. The molecule has 17 heavy (non-hydrogen) atoms. The highest BCUT2D eigenvalue weighted by molar-refractivity contribution is 9.10. The molecule has 1 N–H and O–H groups in total. The zero-order chi connectivity index (χ0) is 12.3. The number of carboxylic acids is 1. The van der Waals surface area contributed by atoms with E-state index in [0.29, 0.717) is 16.0 Å². The first-order valence-electron chi connectivity index (χ1n) is 4.85. The fourth-order valence-electron chi connectivity index (χ4n) is 1.29. The van der Waals surface area contributed by atoms with E-state index in [1.165, 1.54) is 12.1 Å². The van der Waals surface area contributed by atoms with Crippen LogP contribution in [0.15, 0.2) is 45.5 Å². The summed E-state index contributed by atoms with van der Waals surface area (Å²) in [6.45, 7) is 0.259. The second kappa shape index (κ2) is 5.05. The van der Waals surface area contributed by atoms with Crippen LogP contribution in [0.5, 0.6) is 5.75 Å². The number of carbonyl (C=O) groups is 1. The van der Waals surface area contributed by atoms with Gasteiger partial charge in [-0.15, -0.1) is 0 Å². The molecule has 0 fully saturated rings. The van der Waals surface area contributed by atoms with E-state index in [4.69, 9.17) is 14.3 Å². The molecule has 4 nitrogen and oxygen atoms in total. The Kier molecular flexibility index (Phi) is 3.49. The van der Waals surface area contributed by atoms with Crippen molar-refractivity contribution < 1.29 is 19.1 Å². The first kappa shape index (κ1) is 11.7. The molecule has 0 bridgehead atoms. The van der Waals surface area contributed by atoms with Gasteiger partial charge in [-0.25, -0.2) is 4.79 Å². The van der Waals surface area contributed by atoms with Crippen LogP contribution in [0.2, 0.25) is 0 Å². The largest absolute Gasteiger partial charge is 0.484 e. The molecular formula is C12H9BrO4. The fraction of sp³-hybridized carbons (Fsp3) is 0.0833. The average molecular weight is 297 g/mol. The molecule has 0 spiro atoms. The van der Waals surface area contributed by atoms with Crippen molar-refractivity contribution >= 4 is 21.9 Å². The monoisotopic (exact) mass is 296 g/mol. The zero-order valence-corrected chi connectivity index (χ0v) is 10.3. The third kappa shape index (κ3) is 2.88. The van der Waals surface area contributed by atoms with Gasteiger partial charge in [0.2, 0.25) is 0 Å². The van der Waals surface area contributed by atoms with Crippen LogP contribution in [-0.2, 0) is 6.61 Å². The molecule has 0 aliphatic heterocycles. The Bertz CT molecular complexity index is 519. The minimum absolute atomic E-state index is 0.183. The van der Waals surface area contributed by atoms with Gasteiger partial charge in [0.1, 0.15) is 18.1 Å². The Hall–Kier alpha value is -1.75. The predicted octanol–water partition coefficient (Wildman–Crippen LogP) is 3.32. The van der Waals surface area contributed by atoms with Crippen LogP contribution < -0.4 is 4.74 Å². The van der Waals surface area contributed by atoms with E-state index in [0.717, 1.165) is 0 Å². The van der Waals surface area contributed by atoms with Crippen LogP contribution in [0.3, 0.4) is 0 Å². The van der Waals surface area contributed by atoms with E-state index in [-0.39, 0.29) is 12.2 Å². The van der Waals surface area contributed by atoms with Gasteiger partial charge in [0.15, 0.2) is 0 Å². The van der Waals surface area contributed by atoms with Crippen LogP contribution in [0, 0.1) is 0 Å². The lowest BCUT2D eigenvalue weighted by molar-refractivity contribution is 0.0696. The van der Waals surface area contributed by atoms with Gasteiger partial charge in [0, 0.05) is 0 Å². The second-order valence-corrected chi connectivity index (χ2v) is 4.17. The summed E-state index contributed by atoms with van der Waals surface area (Å²) in [5, 5.41) is 8.86. The maximum atomic E-state index is 10.8. The molecule has 0 radical (unpaired) electrons. The Balaban J connectivity index is 2.14. The molecule has 5 heteroatoms. The predicted molar refractivity (Wildman–Crippen MR) is 64.1 cm³/mol. The highest BCUT2D eigenvalue weighted by Gasteiger charge is 2.08. The second-order valence-electron chi connectivity index (χ2n) is 3.32. The van der Waals surface area contributed by atoms with Gasteiger partial charge in [-0.1, -0.05) is 0 Å². The number of hydrogen-bond donors (Lipinski definition) is 1. The van der Waals surface area contributed by atoms with Crippen LogP contribution in [0.1, 0.15) is 16.1 Å². The summed E-state index contributed by atoms with van der Waals surface area (Å²) in [5.41, 5.74) is 0.183. The van der Waals surface area contributed by atoms with E-state index in [1.54, 1.807) is 24.5 Å². The number of aromatic carboxylic acids is 1. The number of hydrogen-bond acceptors (Lipinski definition) is 3. The molecule has 0 aliphatic carbocycles. The summed E-state index contributed by atoms with van der Waals surface area (Å²) < 4.78 is 11.3. The molecule has 0 saturated carbocycles. The SMILES string of the molecule is O=C(O)c1ccc(Br)c(OCc2ccco2)c1. The van der Waals surface area contributed by atoms with E-state index in [9.17, 15) is 4.79 Å². The van der Waals surface area contributed by atoms with Crippen LogP contribution in [0.4, 0.5) is 0 Å². The van der Waals surface area contributed by atoms with Gasteiger partial charge >= 0.3 is 5.97 Å². The molecule has 88 valence electrons. The quantitative estimate of drug-likeness (QED) is 0.940. The number of rotatable bonds is 4. The van der Waals surface area contributed by atoms with Crippen LogP contribution >= 0.6 is 15.9 Å². The molecular weight excluding hydrogens is 288 g/mol. The van der Waals surface area contributed by atoms with Gasteiger partial charge in [-0.3, -0.25) is 0 Å². The lowest BCUT2D eigenvalue weighted by Crippen LogP contribution is -1.99. The summed E-state index contributed by atoms with van der Waals surface area (Å²) in [5.74, 6) is 0.166. The molecule has 1 heterocycles. The molecule has 2 rings (SSSR count).